The largest absolute Gasteiger partial charge is 0.455 e. The van der Waals surface area contributed by atoms with Gasteiger partial charge in [0.05, 0.1) is 5.02 Å². The molecule has 114 valence electrons. The minimum Gasteiger partial charge on any atom is -0.455 e. The zero-order chi connectivity index (χ0) is 15.6. The Morgan fingerprint density at radius 3 is 2.25 bits per heavy atom. The monoisotopic (exact) mass is 322 g/mol. The lowest BCUT2D eigenvalue weighted by molar-refractivity contribution is -0.300. The zero-order valence-corrected chi connectivity index (χ0v) is 10.7. The fourth-order valence-electron chi connectivity index (χ4n) is 1.29. The van der Waals surface area contributed by atoms with Crippen molar-refractivity contribution in [2.24, 2.45) is 0 Å². The van der Waals surface area contributed by atoms with E-state index in [4.69, 9.17) is 11.6 Å². The number of hydrogen-bond acceptors (Lipinski definition) is 3. The molecule has 0 bridgehead atoms. The van der Waals surface area contributed by atoms with Crippen LogP contribution in [0.3, 0.4) is 0 Å². The predicted octanol–water partition coefficient (Wildman–Crippen LogP) is 3.33. The summed E-state index contributed by atoms with van der Waals surface area (Å²) >= 11 is 5.69. The normalized spacial score (nSPS) is 12.8. The van der Waals surface area contributed by atoms with Crippen LogP contribution in [0.5, 0.6) is 5.88 Å². The van der Waals surface area contributed by atoms with Crippen molar-refractivity contribution in [3.63, 3.8) is 0 Å². The minimum atomic E-state index is -5.59. The maximum Gasteiger partial charge on any atom is 0.434 e. The molecule has 0 saturated heterocycles. The second kappa shape index (κ2) is 6.04. The Labute approximate surface area is 114 Å². The van der Waals surface area contributed by atoms with Crippen LogP contribution < -0.4 is 10.1 Å². The van der Waals surface area contributed by atoms with Crippen molar-refractivity contribution in [1.82, 2.24) is 10.3 Å². The summed E-state index contributed by atoms with van der Waals surface area (Å²) in [6, 6.07) is 0.920. The average molecular weight is 323 g/mol. The second-order valence-corrected chi connectivity index (χ2v) is 4.13. The Kier molecular flexibility index (Phi) is 5.09. The molecule has 10 heteroatoms. The van der Waals surface area contributed by atoms with Crippen molar-refractivity contribution in [2.75, 3.05) is 7.05 Å². The Hall–Kier alpha value is -1.22. The highest BCUT2D eigenvalue weighted by molar-refractivity contribution is 6.31. The summed E-state index contributed by atoms with van der Waals surface area (Å²) in [6.07, 6.45) is -14.2. The van der Waals surface area contributed by atoms with Crippen molar-refractivity contribution in [2.45, 2.75) is 25.0 Å². The van der Waals surface area contributed by atoms with Gasteiger partial charge in [0.2, 0.25) is 5.88 Å². The predicted molar refractivity (Wildman–Crippen MR) is 58.5 cm³/mol. The molecule has 0 fully saturated rings. The van der Waals surface area contributed by atoms with E-state index in [9.17, 15) is 26.3 Å². The molecule has 20 heavy (non-hydrogen) atoms. The van der Waals surface area contributed by atoms with Crippen LogP contribution in [0.25, 0.3) is 0 Å². The van der Waals surface area contributed by atoms with Gasteiger partial charge in [-0.3, -0.25) is 0 Å². The highest BCUT2D eigenvalue weighted by Crippen LogP contribution is 2.36. The Bertz CT molecular complexity index is 448. The maximum atomic E-state index is 12.3. The highest BCUT2D eigenvalue weighted by Gasteiger charge is 2.59. The van der Waals surface area contributed by atoms with E-state index in [-0.39, 0.29) is 17.1 Å². The summed E-state index contributed by atoms with van der Waals surface area (Å²) in [5, 5.41) is 2.75. The van der Waals surface area contributed by atoms with Crippen LogP contribution in [0.4, 0.5) is 26.3 Å². The molecule has 0 unspecified atom stereocenters. The van der Waals surface area contributed by atoms with Gasteiger partial charge >= 0.3 is 12.4 Å². The molecule has 1 aromatic heterocycles. The third kappa shape index (κ3) is 4.41. The first-order valence-corrected chi connectivity index (χ1v) is 5.52. The van der Waals surface area contributed by atoms with Crippen LogP contribution >= 0.6 is 11.6 Å². The van der Waals surface area contributed by atoms with Gasteiger partial charge < -0.3 is 10.1 Å². The molecular weight excluding hydrogens is 314 g/mol. The first-order valence-electron chi connectivity index (χ1n) is 5.14. The second-order valence-electron chi connectivity index (χ2n) is 3.73. The van der Waals surface area contributed by atoms with Gasteiger partial charge in [-0.1, -0.05) is 11.6 Å². The molecule has 1 aromatic rings. The molecule has 0 radical (unpaired) electrons. The highest BCUT2D eigenvalue weighted by atomic mass is 35.5. The third-order valence-electron chi connectivity index (χ3n) is 2.11. The first-order chi connectivity index (χ1) is 9.05. The van der Waals surface area contributed by atoms with Gasteiger partial charge in [0.15, 0.2) is 0 Å². The molecule has 0 aliphatic carbocycles. The number of nitrogens with zero attached hydrogens (tertiary/aromatic N) is 1. The van der Waals surface area contributed by atoms with E-state index in [0.717, 1.165) is 12.3 Å². The van der Waals surface area contributed by atoms with Crippen LogP contribution in [-0.4, -0.2) is 30.5 Å². The number of ether oxygens (including phenoxy) is 1. The summed E-state index contributed by atoms with van der Waals surface area (Å²) in [7, 11) is 1.53. The zero-order valence-electron chi connectivity index (χ0n) is 9.94. The number of hydrogen-bond donors (Lipinski definition) is 1. The van der Waals surface area contributed by atoms with Gasteiger partial charge in [0.1, 0.15) is 0 Å². The number of aromatic nitrogens is 1. The number of halogens is 7. The lowest BCUT2D eigenvalue weighted by atomic mass is 10.2. The van der Waals surface area contributed by atoms with E-state index < -0.39 is 24.3 Å². The van der Waals surface area contributed by atoms with Crippen LogP contribution in [0.15, 0.2) is 12.3 Å². The van der Waals surface area contributed by atoms with Gasteiger partial charge in [-0.05, 0) is 12.6 Å². The third-order valence-corrected chi connectivity index (χ3v) is 2.45. The van der Waals surface area contributed by atoms with Crippen molar-refractivity contribution in [3.05, 3.63) is 22.8 Å². The Balaban J connectivity index is 3.03. The molecule has 1 N–H and O–H groups in total. The van der Waals surface area contributed by atoms with Crippen LogP contribution in [0.1, 0.15) is 5.56 Å². The van der Waals surface area contributed by atoms with E-state index in [1.54, 1.807) is 0 Å². The average Bonchev–Trinajstić information content (AvgIpc) is 2.27. The van der Waals surface area contributed by atoms with E-state index in [0.29, 0.717) is 0 Å². The molecular formula is C10H9ClF6N2O. The van der Waals surface area contributed by atoms with E-state index in [1.165, 1.54) is 7.05 Å². The first kappa shape index (κ1) is 16.8. The maximum absolute atomic E-state index is 12.3. The van der Waals surface area contributed by atoms with Crippen molar-refractivity contribution >= 4 is 11.6 Å². The van der Waals surface area contributed by atoms with Crippen LogP contribution in [0, 0.1) is 0 Å². The summed E-state index contributed by atoms with van der Waals surface area (Å²) in [5.74, 6) is -0.806. The number of rotatable bonds is 4. The summed E-state index contributed by atoms with van der Waals surface area (Å²) in [5.41, 5.74) is 0.266. The molecule has 0 saturated carbocycles. The van der Waals surface area contributed by atoms with Crippen LogP contribution in [-0.2, 0) is 6.54 Å². The molecule has 0 spiro atoms. The van der Waals surface area contributed by atoms with Gasteiger partial charge in [-0.15, -0.1) is 0 Å². The molecule has 0 aromatic carbocycles. The Morgan fingerprint density at radius 1 is 1.25 bits per heavy atom. The minimum absolute atomic E-state index is 0.0993. The fourth-order valence-corrected chi connectivity index (χ4v) is 1.46. The quantitative estimate of drug-likeness (QED) is 0.864. The van der Waals surface area contributed by atoms with Crippen LogP contribution in [0.2, 0.25) is 5.02 Å². The molecule has 0 aliphatic rings. The molecule has 0 aliphatic heterocycles. The van der Waals surface area contributed by atoms with Gasteiger partial charge in [0, 0.05) is 18.8 Å². The smallest absolute Gasteiger partial charge is 0.434 e. The fraction of sp³-hybridized carbons (Fsp3) is 0.500. The summed E-state index contributed by atoms with van der Waals surface area (Å²) in [4.78, 5) is 3.31. The molecule has 1 rings (SSSR count). The van der Waals surface area contributed by atoms with Crippen molar-refractivity contribution < 1.29 is 31.1 Å². The topological polar surface area (TPSA) is 34.1 Å². The number of nitrogens with one attached hydrogen (secondary N) is 1. The number of alkyl halides is 6. The van der Waals surface area contributed by atoms with Gasteiger partial charge in [-0.25, -0.2) is 4.98 Å². The van der Waals surface area contributed by atoms with Gasteiger partial charge in [-0.2, -0.15) is 26.3 Å². The lowest BCUT2D eigenvalue weighted by Gasteiger charge is -2.23. The Morgan fingerprint density at radius 2 is 1.80 bits per heavy atom. The van der Waals surface area contributed by atoms with E-state index in [2.05, 4.69) is 15.0 Å². The summed E-state index contributed by atoms with van der Waals surface area (Å²) in [6.45, 7) is 0.139. The number of pyridine rings is 1. The van der Waals surface area contributed by atoms with Crippen molar-refractivity contribution in [1.29, 1.82) is 0 Å². The van der Waals surface area contributed by atoms with Crippen molar-refractivity contribution in [3.8, 4) is 5.88 Å². The molecule has 1 heterocycles. The SMILES string of the molecule is CNCc1cc(OC(C(F)(F)F)C(F)(F)F)ncc1Cl. The van der Waals surface area contributed by atoms with E-state index in [1.807, 2.05) is 0 Å². The standard InChI is InChI=1S/C10H9ClF6N2O/c1-18-3-5-2-7(19-4-6(5)11)20-8(9(12,13)14)10(15,16)17/h2,4,8,18H,3H2,1H3. The van der Waals surface area contributed by atoms with Gasteiger partial charge in [0.25, 0.3) is 6.10 Å². The molecule has 0 amide bonds. The molecule has 0 atom stereocenters. The van der Waals surface area contributed by atoms with E-state index >= 15 is 0 Å². The molecule has 3 nitrogen and oxygen atoms in total. The summed E-state index contributed by atoms with van der Waals surface area (Å²) < 4.78 is 77.8. The lowest BCUT2D eigenvalue weighted by Crippen LogP contribution is -2.46.